The van der Waals surface area contributed by atoms with Gasteiger partial charge in [-0.15, -0.1) is 0 Å². The van der Waals surface area contributed by atoms with Gasteiger partial charge in [-0.1, -0.05) is 239 Å². The van der Waals surface area contributed by atoms with Crippen molar-refractivity contribution >= 4 is 11.9 Å². The van der Waals surface area contributed by atoms with Crippen molar-refractivity contribution in [2.24, 2.45) is 0 Å². The summed E-state index contributed by atoms with van der Waals surface area (Å²) in [5.74, 6) is -0.720. The largest absolute Gasteiger partial charge is 0.461 e. The van der Waals surface area contributed by atoms with Gasteiger partial charge in [0, 0.05) is 12.8 Å². The van der Waals surface area contributed by atoms with Crippen molar-refractivity contribution in [2.45, 2.75) is 206 Å². The zero-order chi connectivity index (χ0) is 44.5. The Bertz CT molecular complexity index is 1310. The van der Waals surface area contributed by atoms with Crippen molar-refractivity contribution in [1.82, 2.24) is 5.32 Å². The highest BCUT2D eigenvalue weighted by atomic mass is 16.5. The van der Waals surface area contributed by atoms with Crippen molar-refractivity contribution < 1.29 is 24.5 Å². The standard InChI is InChI=1S/C55H89NO5/c1-4-7-10-13-16-19-22-24-26-28-30-33-36-39-42-45-48-55(60)61-51(46-43-40-37-34-31-21-18-15-12-9-6-3)49-54(59)56-52(50-57)53(58)47-44-41-38-35-32-29-27-25-23-20-17-14-11-8-5-2/h7,9-10,12,15-16,18-19,21,24,26,30-31,33-34,37,39-40,42-43,51-53,57-58H,4-6,8,11,13-14,17,20,22-23,25,27-29,32,35-36,38,41,44-50H2,1-3H3,(H,56,59)/b10-7+,12-9+,18-15+,19-16+,26-24+,31-21-,33-30+,37-34-,42-39+,43-40+. The Morgan fingerprint density at radius 3 is 1.43 bits per heavy atom. The van der Waals surface area contributed by atoms with Crippen molar-refractivity contribution in [1.29, 1.82) is 0 Å². The average molecular weight is 844 g/mol. The number of carbonyl (C=O) groups excluding carboxylic acids is 2. The van der Waals surface area contributed by atoms with Crippen LogP contribution >= 0.6 is 0 Å². The van der Waals surface area contributed by atoms with Crippen LogP contribution in [0.2, 0.25) is 0 Å². The van der Waals surface area contributed by atoms with E-state index in [9.17, 15) is 19.8 Å². The molecule has 0 rings (SSSR count). The van der Waals surface area contributed by atoms with Crippen LogP contribution in [0.15, 0.2) is 122 Å². The monoisotopic (exact) mass is 844 g/mol. The Morgan fingerprint density at radius 2 is 0.951 bits per heavy atom. The molecule has 0 saturated carbocycles. The van der Waals surface area contributed by atoms with E-state index in [0.29, 0.717) is 19.3 Å². The fraction of sp³-hybridized carbons (Fsp3) is 0.600. The normalized spacial score (nSPS) is 14.4. The van der Waals surface area contributed by atoms with E-state index in [1.807, 2.05) is 66.8 Å². The van der Waals surface area contributed by atoms with Gasteiger partial charge in [0.1, 0.15) is 6.10 Å². The summed E-state index contributed by atoms with van der Waals surface area (Å²) >= 11 is 0. The van der Waals surface area contributed by atoms with Crippen molar-refractivity contribution in [2.75, 3.05) is 6.61 Å². The van der Waals surface area contributed by atoms with Crippen LogP contribution in [0, 0.1) is 0 Å². The fourth-order valence-electron chi connectivity index (χ4n) is 6.56. The predicted octanol–water partition coefficient (Wildman–Crippen LogP) is 14.5. The third-order valence-electron chi connectivity index (χ3n) is 10.2. The average Bonchev–Trinajstić information content (AvgIpc) is 3.25. The maximum atomic E-state index is 13.1. The van der Waals surface area contributed by atoms with Gasteiger partial charge < -0.3 is 20.3 Å². The van der Waals surface area contributed by atoms with E-state index in [1.165, 1.54) is 77.0 Å². The summed E-state index contributed by atoms with van der Waals surface area (Å²) in [4.78, 5) is 26.0. The van der Waals surface area contributed by atoms with Crippen LogP contribution in [0.3, 0.4) is 0 Å². The zero-order valence-electron chi connectivity index (χ0n) is 39.0. The minimum atomic E-state index is -0.837. The molecule has 0 radical (unpaired) electrons. The number of esters is 1. The molecule has 0 aromatic carbocycles. The molecule has 0 spiro atoms. The first-order chi connectivity index (χ1) is 30.0. The molecule has 0 aromatic heterocycles. The third-order valence-corrected chi connectivity index (χ3v) is 10.2. The van der Waals surface area contributed by atoms with Crippen LogP contribution in [0.5, 0.6) is 0 Å². The number of allylic oxidation sites excluding steroid dienone is 19. The van der Waals surface area contributed by atoms with Gasteiger partial charge in [-0.2, -0.15) is 0 Å². The molecule has 6 heteroatoms. The van der Waals surface area contributed by atoms with E-state index < -0.39 is 18.2 Å². The summed E-state index contributed by atoms with van der Waals surface area (Å²) in [6.45, 7) is 6.15. The topological polar surface area (TPSA) is 95.9 Å². The van der Waals surface area contributed by atoms with Gasteiger partial charge >= 0.3 is 5.97 Å². The number of aliphatic hydroxyl groups is 2. The number of ether oxygens (including phenoxy) is 1. The zero-order valence-corrected chi connectivity index (χ0v) is 39.0. The van der Waals surface area contributed by atoms with E-state index in [2.05, 4.69) is 80.8 Å². The van der Waals surface area contributed by atoms with Gasteiger partial charge in [-0.05, 0) is 51.4 Å². The van der Waals surface area contributed by atoms with Crippen LogP contribution in [-0.4, -0.2) is 46.9 Å². The summed E-state index contributed by atoms with van der Waals surface area (Å²) in [7, 11) is 0. The molecular formula is C55H89NO5. The van der Waals surface area contributed by atoms with E-state index in [-0.39, 0.29) is 31.3 Å². The molecule has 0 heterocycles. The Kier molecular flexibility index (Phi) is 44.4. The lowest BCUT2D eigenvalue weighted by molar-refractivity contribution is -0.150. The molecule has 3 unspecified atom stereocenters. The summed E-state index contributed by atoms with van der Waals surface area (Å²) in [5, 5.41) is 23.6. The van der Waals surface area contributed by atoms with Crippen molar-refractivity contribution in [3.8, 4) is 0 Å². The highest BCUT2D eigenvalue weighted by Crippen LogP contribution is 2.15. The number of amides is 1. The molecule has 3 N–H and O–H groups in total. The molecule has 1 amide bonds. The van der Waals surface area contributed by atoms with Crippen LogP contribution in [0.4, 0.5) is 0 Å². The summed E-state index contributed by atoms with van der Waals surface area (Å²) in [5.41, 5.74) is 0. The third kappa shape index (κ3) is 42.7. The maximum Gasteiger partial charge on any atom is 0.306 e. The molecule has 0 aliphatic heterocycles. The van der Waals surface area contributed by atoms with E-state index in [0.717, 1.165) is 57.8 Å². The summed E-state index contributed by atoms with van der Waals surface area (Å²) in [6.07, 6.45) is 65.8. The Morgan fingerprint density at radius 1 is 0.525 bits per heavy atom. The quantitative estimate of drug-likeness (QED) is 0.0247. The van der Waals surface area contributed by atoms with Crippen LogP contribution in [-0.2, 0) is 14.3 Å². The molecule has 0 saturated heterocycles. The van der Waals surface area contributed by atoms with E-state index >= 15 is 0 Å². The Hall–Kier alpha value is -3.74. The number of hydrogen-bond acceptors (Lipinski definition) is 5. The fourth-order valence-corrected chi connectivity index (χ4v) is 6.56. The first-order valence-electron chi connectivity index (χ1n) is 24.3. The van der Waals surface area contributed by atoms with Crippen LogP contribution < -0.4 is 5.32 Å². The molecule has 3 atom stereocenters. The first kappa shape index (κ1) is 57.3. The van der Waals surface area contributed by atoms with Crippen molar-refractivity contribution in [3.05, 3.63) is 122 Å². The minimum absolute atomic E-state index is 0.0559. The lowest BCUT2D eigenvalue weighted by Gasteiger charge is -2.24. The van der Waals surface area contributed by atoms with E-state index in [4.69, 9.17) is 4.74 Å². The lowest BCUT2D eigenvalue weighted by Crippen LogP contribution is -2.46. The van der Waals surface area contributed by atoms with Crippen molar-refractivity contribution in [3.63, 3.8) is 0 Å². The second kappa shape index (κ2) is 47.3. The molecule has 0 fully saturated rings. The highest BCUT2D eigenvalue weighted by Gasteiger charge is 2.23. The molecule has 0 aromatic rings. The van der Waals surface area contributed by atoms with Gasteiger partial charge in [0.25, 0.3) is 0 Å². The second-order valence-corrected chi connectivity index (χ2v) is 15.9. The highest BCUT2D eigenvalue weighted by molar-refractivity contribution is 5.77. The van der Waals surface area contributed by atoms with Gasteiger partial charge in [0.2, 0.25) is 5.91 Å². The summed E-state index contributed by atoms with van der Waals surface area (Å²) in [6, 6.07) is -0.761. The molecule has 344 valence electrons. The number of rotatable bonds is 41. The van der Waals surface area contributed by atoms with Gasteiger partial charge in [0.05, 0.1) is 25.2 Å². The second-order valence-electron chi connectivity index (χ2n) is 15.9. The molecular weight excluding hydrogens is 755 g/mol. The Labute approximate surface area is 374 Å². The number of carbonyl (C=O) groups is 2. The Balaban J connectivity index is 4.78. The van der Waals surface area contributed by atoms with Gasteiger partial charge in [0.15, 0.2) is 0 Å². The molecule has 0 bridgehead atoms. The molecule has 0 aliphatic rings. The lowest BCUT2D eigenvalue weighted by atomic mass is 10.0. The van der Waals surface area contributed by atoms with E-state index in [1.54, 1.807) is 0 Å². The van der Waals surface area contributed by atoms with Gasteiger partial charge in [-0.3, -0.25) is 9.59 Å². The van der Waals surface area contributed by atoms with Crippen LogP contribution in [0.25, 0.3) is 0 Å². The molecule has 61 heavy (non-hydrogen) atoms. The number of aliphatic hydroxyl groups excluding tert-OH is 2. The number of unbranched alkanes of at least 4 members (excludes halogenated alkanes) is 14. The van der Waals surface area contributed by atoms with Gasteiger partial charge in [-0.25, -0.2) is 0 Å². The predicted molar refractivity (Wildman–Crippen MR) is 263 cm³/mol. The van der Waals surface area contributed by atoms with Crippen LogP contribution in [0.1, 0.15) is 188 Å². The first-order valence-corrected chi connectivity index (χ1v) is 24.3. The SMILES string of the molecule is CC/C=C/C=C/C=C\C=C/C=C/CC(CC(=O)NC(CO)C(O)CCCCCCCCCCCCCCCCC)OC(=O)CC/C=C/C/C=C/C/C=C/C/C=C/C/C=C/CC. The number of hydrogen-bond donors (Lipinski definition) is 3. The number of nitrogens with one attached hydrogen (secondary N) is 1. The maximum absolute atomic E-state index is 13.1. The molecule has 6 nitrogen and oxygen atoms in total. The summed E-state index contributed by atoms with van der Waals surface area (Å²) < 4.78 is 5.78. The minimum Gasteiger partial charge on any atom is -0.461 e. The smallest absolute Gasteiger partial charge is 0.306 e. The molecule has 0 aliphatic carbocycles.